The number of nitrogens with zero attached hydrogens (tertiary/aromatic N) is 2. The predicted molar refractivity (Wildman–Crippen MR) is 72.2 cm³/mol. The van der Waals surface area contributed by atoms with Gasteiger partial charge in [0.15, 0.2) is 0 Å². The van der Waals surface area contributed by atoms with E-state index >= 15 is 0 Å². The van der Waals surface area contributed by atoms with Crippen molar-refractivity contribution >= 4 is 29.3 Å². The normalized spacial score (nSPS) is 17.9. The van der Waals surface area contributed by atoms with Crippen molar-refractivity contribution in [3.05, 3.63) is 28.5 Å². The van der Waals surface area contributed by atoms with Gasteiger partial charge in [-0.3, -0.25) is 19.7 Å². The second kappa shape index (κ2) is 4.86. The zero-order valence-electron chi connectivity index (χ0n) is 11.4. The molecule has 106 valence electrons. The van der Waals surface area contributed by atoms with Gasteiger partial charge in [-0.2, -0.15) is 0 Å². The van der Waals surface area contributed by atoms with E-state index in [-0.39, 0.29) is 11.7 Å². The molecular weight excluding hydrogens is 282 g/mol. The molecular formula is C13H14ClN3O3. The maximum Gasteiger partial charge on any atom is 0.255 e. The lowest BCUT2D eigenvalue weighted by Gasteiger charge is -2.40. The Hall–Kier alpha value is -1.95. The number of aryl methyl sites for hydroxylation is 1. The van der Waals surface area contributed by atoms with Crippen LogP contribution < -0.4 is 5.32 Å². The third-order valence-corrected chi connectivity index (χ3v) is 3.39. The van der Waals surface area contributed by atoms with Crippen LogP contribution in [0.4, 0.5) is 0 Å². The second-order valence-corrected chi connectivity index (χ2v) is 5.53. The van der Waals surface area contributed by atoms with Crippen LogP contribution in [0.1, 0.15) is 29.9 Å². The van der Waals surface area contributed by atoms with E-state index in [1.54, 1.807) is 26.8 Å². The molecule has 2 rings (SSSR count). The van der Waals surface area contributed by atoms with E-state index in [0.717, 1.165) is 0 Å². The van der Waals surface area contributed by atoms with Crippen molar-refractivity contribution in [2.75, 3.05) is 6.54 Å². The summed E-state index contributed by atoms with van der Waals surface area (Å²) in [5, 5.41) is 2.41. The molecule has 1 aromatic rings. The molecule has 0 atom stereocenters. The molecule has 1 saturated heterocycles. The Morgan fingerprint density at radius 1 is 1.40 bits per heavy atom. The van der Waals surface area contributed by atoms with Gasteiger partial charge in [0, 0.05) is 11.3 Å². The smallest absolute Gasteiger partial charge is 0.255 e. The molecule has 1 aromatic heterocycles. The molecule has 20 heavy (non-hydrogen) atoms. The lowest BCUT2D eigenvalue weighted by atomic mass is 9.97. The van der Waals surface area contributed by atoms with Crippen LogP contribution >= 0.6 is 11.6 Å². The highest BCUT2D eigenvalue weighted by Gasteiger charge is 2.43. The molecule has 3 amide bonds. The highest BCUT2D eigenvalue weighted by molar-refractivity contribution is 6.29. The van der Waals surface area contributed by atoms with Gasteiger partial charge >= 0.3 is 0 Å². The number of hydrogen-bond acceptors (Lipinski definition) is 4. The fourth-order valence-electron chi connectivity index (χ4n) is 2.02. The molecule has 1 N–H and O–H groups in total. The van der Waals surface area contributed by atoms with Crippen molar-refractivity contribution in [3.8, 4) is 0 Å². The zero-order valence-corrected chi connectivity index (χ0v) is 12.1. The monoisotopic (exact) mass is 295 g/mol. The van der Waals surface area contributed by atoms with Crippen LogP contribution in [0.3, 0.4) is 0 Å². The van der Waals surface area contributed by atoms with Gasteiger partial charge in [-0.15, -0.1) is 0 Å². The number of pyridine rings is 1. The molecule has 7 heteroatoms. The molecule has 0 radical (unpaired) electrons. The summed E-state index contributed by atoms with van der Waals surface area (Å²) >= 11 is 5.83. The number of carbonyl (C=O) groups is 3. The lowest BCUT2D eigenvalue weighted by Crippen LogP contribution is -2.65. The molecule has 2 heterocycles. The predicted octanol–water partition coefficient (Wildman–Crippen LogP) is 0.921. The number of imide groups is 1. The van der Waals surface area contributed by atoms with Crippen LogP contribution in [0, 0.1) is 6.92 Å². The fourth-order valence-corrected chi connectivity index (χ4v) is 2.27. The maximum atomic E-state index is 12.5. The minimum Gasteiger partial charge on any atom is -0.315 e. The minimum atomic E-state index is -1.10. The summed E-state index contributed by atoms with van der Waals surface area (Å²) in [4.78, 5) is 41.0. The van der Waals surface area contributed by atoms with E-state index in [4.69, 9.17) is 11.6 Å². The van der Waals surface area contributed by atoms with Crippen LogP contribution in [0.15, 0.2) is 12.1 Å². The number of aromatic nitrogens is 1. The van der Waals surface area contributed by atoms with Gasteiger partial charge < -0.3 is 4.90 Å². The summed E-state index contributed by atoms with van der Waals surface area (Å²) in [6, 6.07) is 2.99. The number of carbonyl (C=O) groups excluding carboxylic acids is 3. The number of amides is 3. The number of hydrogen-bond donors (Lipinski definition) is 1. The van der Waals surface area contributed by atoms with Gasteiger partial charge in [-0.1, -0.05) is 11.6 Å². The van der Waals surface area contributed by atoms with Gasteiger partial charge in [0.25, 0.3) is 11.8 Å². The summed E-state index contributed by atoms with van der Waals surface area (Å²) < 4.78 is 0. The van der Waals surface area contributed by atoms with E-state index in [9.17, 15) is 14.4 Å². The van der Waals surface area contributed by atoms with Gasteiger partial charge in [0.2, 0.25) is 5.91 Å². The van der Waals surface area contributed by atoms with Gasteiger partial charge in [0.05, 0.1) is 0 Å². The van der Waals surface area contributed by atoms with Crippen LogP contribution in [0.25, 0.3) is 0 Å². The van der Waals surface area contributed by atoms with Crippen LogP contribution in [-0.4, -0.2) is 39.7 Å². The van der Waals surface area contributed by atoms with Crippen LogP contribution in [0.2, 0.25) is 5.15 Å². The Labute approximate surface area is 121 Å². The van der Waals surface area contributed by atoms with Gasteiger partial charge in [0.1, 0.15) is 17.2 Å². The lowest BCUT2D eigenvalue weighted by molar-refractivity contribution is -0.143. The topological polar surface area (TPSA) is 79.4 Å². The third kappa shape index (κ3) is 2.51. The number of halogens is 1. The van der Waals surface area contributed by atoms with E-state index in [1.165, 1.54) is 11.0 Å². The Morgan fingerprint density at radius 2 is 2.05 bits per heavy atom. The number of nitrogens with one attached hydrogen (secondary N) is 1. The Bertz CT molecular complexity index is 593. The molecule has 6 nitrogen and oxygen atoms in total. The van der Waals surface area contributed by atoms with Gasteiger partial charge in [-0.25, -0.2) is 4.98 Å². The standard InChI is InChI=1S/C13H14ClN3O3/c1-7-4-8(5-9(14)15-7)11(19)17-6-10(18)16-12(20)13(17,2)3/h4-5H,6H2,1-3H3,(H,16,18,20). The molecule has 0 spiro atoms. The molecule has 1 aliphatic rings. The zero-order chi connectivity index (χ0) is 15.1. The Morgan fingerprint density at radius 3 is 2.65 bits per heavy atom. The van der Waals surface area contributed by atoms with Crippen molar-refractivity contribution < 1.29 is 14.4 Å². The van der Waals surface area contributed by atoms with E-state index < -0.39 is 23.3 Å². The highest BCUT2D eigenvalue weighted by atomic mass is 35.5. The summed E-state index contributed by atoms with van der Waals surface area (Å²) in [6.45, 7) is 4.71. The molecule has 0 aliphatic carbocycles. The summed E-state index contributed by atoms with van der Waals surface area (Å²) in [6.07, 6.45) is 0. The van der Waals surface area contributed by atoms with Crippen molar-refractivity contribution in [1.29, 1.82) is 0 Å². The van der Waals surface area contributed by atoms with Crippen molar-refractivity contribution in [2.45, 2.75) is 26.3 Å². The van der Waals surface area contributed by atoms with E-state index in [1.807, 2.05) is 0 Å². The first-order chi connectivity index (χ1) is 9.21. The fraction of sp³-hybridized carbons (Fsp3) is 0.385. The maximum absolute atomic E-state index is 12.5. The Balaban J connectivity index is 2.40. The first-order valence-corrected chi connectivity index (χ1v) is 6.40. The van der Waals surface area contributed by atoms with Gasteiger partial charge in [-0.05, 0) is 32.9 Å². The van der Waals surface area contributed by atoms with Crippen molar-refractivity contribution in [1.82, 2.24) is 15.2 Å². The molecule has 0 bridgehead atoms. The average molecular weight is 296 g/mol. The summed E-state index contributed by atoms with van der Waals surface area (Å²) in [5.41, 5.74) is -0.209. The second-order valence-electron chi connectivity index (χ2n) is 5.15. The SMILES string of the molecule is Cc1cc(C(=O)N2CC(=O)NC(=O)C2(C)C)cc(Cl)n1. The molecule has 0 aromatic carbocycles. The van der Waals surface area contributed by atoms with E-state index in [0.29, 0.717) is 11.3 Å². The number of rotatable bonds is 1. The van der Waals surface area contributed by atoms with Crippen LogP contribution in [-0.2, 0) is 9.59 Å². The Kier molecular flexibility index (Phi) is 3.52. The van der Waals surface area contributed by atoms with Crippen molar-refractivity contribution in [2.24, 2.45) is 0 Å². The van der Waals surface area contributed by atoms with Crippen molar-refractivity contribution in [3.63, 3.8) is 0 Å². The van der Waals surface area contributed by atoms with E-state index in [2.05, 4.69) is 10.3 Å². The highest BCUT2D eigenvalue weighted by Crippen LogP contribution is 2.22. The molecule has 0 saturated carbocycles. The summed E-state index contributed by atoms with van der Waals surface area (Å²) in [5.74, 6) is -1.43. The summed E-state index contributed by atoms with van der Waals surface area (Å²) in [7, 11) is 0. The average Bonchev–Trinajstić information content (AvgIpc) is 2.32. The number of piperazine rings is 1. The van der Waals surface area contributed by atoms with Crippen LogP contribution in [0.5, 0.6) is 0 Å². The largest absolute Gasteiger partial charge is 0.315 e. The molecule has 1 aliphatic heterocycles. The first kappa shape index (κ1) is 14.5. The quantitative estimate of drug-likeness (QED) is 0.617. The first-order valence-electron chi connectivity index (χ1n) is 6.02. The minimum absolute atomic E-state index is 0.170. The molecule has 1 fully saturated rings. The third-order valence-electron chi connectivity index (χ3n) is 3.20. The molecule has 0 unspecified atom stereocenters.